The zero-order valence-electron chi connectivity index (χ0n) is 49.8. The summed E-state index contributed by atoms with van der Waals surface area (Å²) in [6.07, 6.45) is 21.1. The van der Waals surface area contributed by atoms with E-state index in [9.17, 15) is 61.0 Å². The number of allylic oxidation sites excluding steroid dienone is 4. The van der Waals surface area contributed by atoms with Crippen molar-refractivity contribution in [3.63, 3.8) is 0 Å². The number of unbranched alkanes of at least 4 members (excludes halogenated alkanes) is 28. The van der Waals surface area contributed by atoms with Crippen LogP contribution in [0, 0.1) is 0 Å². The molecular weight excluding hydrogens is 1050 g/mol. The Balaban J connectivity index is 1.47. The third-order valence-electron chi connectivity index (χ3n) is 16.3. The number of hydrogen-bond donors (Lipinski definition) is 12. The van der Waals surface area contributed by atoms with Gasteiger partial charge >= 0.3 is 0 Å². The van der Waals surface area contributed by atoms with Gasteiger partial charge in [-0.2, -0.15) is 0 Å². The Morgan fingerprint density at radius 2 is 0.815 bits per heavy atom. The van der Waals surface area contributed by atoms with E-state index < -0.39 is 124 Å². The minimum atomic E-state index is -1.97. The van der Waals surface area contributed by atoms with Crippen LogP contribution in [-0.2, 0) is 33.2 Å². The zero-order valence-corrected chi connectivity index (χ0v) is 49.8. The summed E-state index contributed by atoms with van der Waals surface area (Å²) in [5.74, 6) is -0.255. The van der Waals surface area contributed by atoms with Gasteiger partial charge in [0.25, 0.3) is 0 Å². The molecule has 476 valence electrons. The molecule has 3 saturated heterocycles. The van der Waals surface area contributed by atoms with Gasteiger partial charge in [0.05, 0.1) is 38.6 Å². The van der Waals surface area contributed by atoms with E-state index in [-0.39, 0.29) is 18.9 Å². The summed E-state index contributed by atoms with van der Waals surface area (Å²) in [6, 6.07) is -0.893. The summed E-state index contributed by atoms with van der Waals surface area (Å²) in [6.45, 7) is 1.77. The summed E-state index contributed by atoms with van der Waals surface area (Å²) in [7, 11) is 0. The molecule has 3 rings (SSSR count). The standard InChI is InChI=1S/C62H115NO18/c1-3-5-7-9-11-13-15-17-19-20-21-22-23-24-26-27-29-31-33-35-37-39-46(67)45(63-50(68)40-38-36-34-32-30-28-25-18-16-14-12-10-8-6-4-2)44-76-60-56(74)53(71)58(48(42-65)78-60)81-62-57(75)54(72)59(49(43-66)79-62)80-61-55(73)52(70)51(69)47(41-64)77-61/h12,14,18,25,45-49,51-62,64-67,69-75H,3-11,13,15-17,19-24,26-44H2,1-2H3,(H,63,68)/b14-12-,25-18-. The van der Waals surface area contributed by atoms with Crippen LogP contribution in [0.25, 0.3) is 0 Å². The fourth-order valence-corrected chi connectivity index (χ4v) is 11.0. The Kier molecular flexibility index (Phi) is 41.4. The molecule has 3 aliphatic rings. The Hall–Kier alpha value is -1.73. The molecule has 0 aromatic heterocycles. The third kappa shape index (κ3) is 29.0. The summed E-state index contributed by atoms with van der Waals surface area (Å²) >= 11 is 0. The predicted octanol–water partition coefficient (Wildman–Crippen LogP) is 6.71. The predicted molar refractivity (Wildman–Crippen MR) is 310 cm³/mol. The van der Waals surface area contributed by atoms with Gasteiger partial charge in [-0.3, -0.25) is 4.79 Å². The van der Waals surface area contributed by atoms with Gasteiger partial charge in [-0.15, -0.1) is 0 Å². The molecule has 12 N–H and O–H groups in total. The number of aliphatic hydroxyl groups excluding tert-OH is 11. The SMILES string of the molecule is CCCCC/C=C\C/C=C\CCCCCCCC(=O)NC(COC1OC(CO)C(OC2OC(CO)C(OC3OC(CO)C(O)C(O)C3O)C(O)C2O)C(O)C1O)C(O)CCCCCCCCCCCCCCCCCCCCCCC. The van der Waals surface area contributed by atoms with E-state index in [1.165, 1.54) is 128 Å². The van der Waals surface area contributed by atoms with Crippen LogP contribution in [-0.4, -0.2) is 193 Å². The van der Waals surface area contributed by atoms with Crippen molar-refractivity contribution in [2.24, 2.45) is 0 Å². The molecule has 0 aromatic carbocycles. The molecular formula is C62H115NO18. The highest BCUT2D eigenvalue weighted by Crippen LogP contribution is 2.33. The molecule has 0 aromatic rings. The van der Waals surface area contributed by atoms with Crippen molar-refractivity contribution in [3.05, 3.63) is 24.3 Å². The largest absolute Gasteiger partial charge is 0.394 e. The normalized spacial score (nSPS) is 29.9. The van der Waals surface area contributed by atoms with Crippen LogP contribution in [0.4, 0.5) is 0 Å². The molecule has 0 aliphatic carbocycles. The Bertz CT molecular complexity index is 1580. The Morgan fingerprint density at radius 3 is 1.28 bits per heavy atom. The number of aliphatic hydroxyl groups is 11. The smallest absolute Gasteiger partial charge is 0.220 e. The quantitative estimate of drug-likeness (QED) is 0.0222. The van der Waals surface area contributed by atoms with Crippen LogP contribution in [0.2, 0.25) is 0 Å². The highest BCUT2D eigenvalue weighted by Gasteiger charge is 2.53. The molecule has 19 nitrogen and oxygen atoms in total. The molecule has 3 heterocycles. The third-order valence-corrected chi connectivity index (χ3v) is 16.3. The molecule has 81 heavy (non-hydrogen) atoms. The second kappa shape index (κ2) is 45.6. The number of nitrogens with one attached hydrogen (secondary N) is 1. The maximum Gasteiger partial charge on any atom is 0.220 e. The van der Waals surface area contributed by atoms with Crippen molar-refractivity contribution in [2.75, 3.05) is 26.4 Å². The summed E-state index contributed by atoms with van der Waals surface area (Å²) < 4.78 is 34.3. The van der Waals surface area contributed by atoms with Crippen LogP contribution in [0.3, 0.4) is 0 Å². The van der Waals surface area contributed by atoms with Gasteiger partial charge in [0.1, 0.15) is 73.2 Å². The Labute approximate surface area is 486 Å². The lowest BCUT2D eigenvalue weighted by molar-refractivity contribution is -0.379. The number of carbonyl (C=O) groups is 1. The van der Waals surface area contributed by atoms with Crippen molar-refractivity contribution in [1.29, 1.82) is 0 Å². The first kappa shape index (κ1) is 73.5. The van der Waals surface area contributed by atoms with Crippen molar-refractivity contribution in [2.45, 2.75) is 336 Å². The highest BCUT2D eigenvalue weighted by molar-refractivity contribution is 5.76. The maximum absolute atomic E-state index is 13.4. The van der Waals surface area contributed by atoms with Crippen LogP contribution in [0.5, 0.6) is 0 Å². The summed E-state index contributed by atoms with van der Waals surface area (Å²) in [5, 5.41) is 120. The van der Waals surface area contributed by atoms with Crippen LogP contribution >= 0.6 is 0 Å². The zero-order chi connectivity index (χ0) is 59.0. The number of rotatable bonds is 48. The molecule has 3 fully saturated rings. The van der Waals surface area contributed by atoms with E-state index in [0.717, 1.165) is 70.6 Å². The average Bonchev–Trinajstić information content (AvgIpc) is 3.52. The van der Waals surface area contributed by atoms with Gasteiger partial charge in [-0.05, 0) is 44.9 Å². The van der Waals surface area contributed by atoms with Gasteiger partial charge in [0, 0.05) is 6.42 Å². The minimum absolute atomic E-state index is 0.251. The number of carbonyl (C=O) groups excluding carboxylic acids is 1. The molecule has 17 atom stereocenters. The van der Waals surface area contributed by atoms with Gasteiger partial charge in [-0.25, -0.2) is 0 Å². The first-order chi connectivity index (χ1) is 39.3. The minimum Gasteiger partial charge on any atom is -0.394 e. The van der Waals surface area contributed by atoms with E-state index in [4.69, 9.17) is 28.4 Å². The van der Waals surface area contributed by atoms with Crippen molar-refractivity contribution in [1.82, 2.24) is 5.32 Å². The van der Waals surface area contributed by atoms with Crippen molar-refractivity contribution >= 4 is 5.91 Å². The van der Waals surface area contributed by atoms with Crippen LogP contribution in [0.15, 0.2) is 24.3 Å². The average molecular weight is 1160 g/mol. The fourth-order valence-electron chi connectivity index (χ4n) is 11.0. The monoisotopic (exact) mass is 1160 g/mol. The van der Waals surface area contributed by atoms with E-state index >= 15 is 0 Å². The second-order valence-electron chi connectivity index (χ2n) is 23.2. The van der Waals surface area contributed by atoms with Gasteiger partial charge in [-0.1, -0.05) is 205 Å². The van der Waals surface area contributed by atoms with Gasteiger partial charge < -0.3 is 89.9 Å². The topological polar surface area (TPSA) is 307 Å². The second-order valence-corrected chi connectivity index (χ2v) is 23.2. The lowest BCUT2D eigenvalue weighted by atomic mass is 9.96. The van der Waals surface area contributed by atoms with Gasteiger partial charge in [0.15, 0.2) is 18.9 Å². The van der Waals surface area contributed by atoms with E-state index in [0.29, 0.717) is 12.8 Å². The van der Waals surface area contributed by atoms with Crippen LogP contribution in [0.1, 0.15) is 232 Å². The van der Waals surface area contributed by atoms with Crippen molar-refractivity contribution in [3.8, 4) is 0 Å². The molecule has 0 radical (unpaired) electrons. The molecule has 19 heteroatoms. The molecule has 0 bridgehead atoms. The fraction of sp³-hybridized carbons (Fsp3) is 0.919. The number of ether oxygens (including phenoxy) is 6. The van der Waals surface area contributed by atoms with Crippen LogP contribution < -0.4 is 5.32 Å². The first-order valence-corrected chi connectivity index (χ1v) is 32.1. The van der Waals surface area contributed by atoms with Gasteiger partial charge in [0.2, 0.25) is 5.91 Å². The molecule has 17 unspecified atom stereocenters. The highest BCUT2D eigenvalue weighted by atomic mass is 16.8. The number of amides is 1. The molecule has 1 amide bonds. The summed E-state index contributed by atoms with van der Waals surface area (Å²) in [5.41, 5.74) is 0. The first-order valence-electron chi connectivity index (χ1n) is 32.1. The van der Waals surface area contributed by atoms with E-state index in [2.05, 4.69) is 43.5 Å². The number of hydrogen-bond acceptors (Lipinski definition) is 18. The maximum atomic E-state index is 13.4. The lowest BCUT2D eigenvalue weighted by Gasteiger charge is -2.48. The summed E-state index contributed by atoms with van der Waals surface area (Å²) in [4.78, 5) is 13.4. The molecule has 3 aliphatic heterocycles. The van der Waals surface area contributed by atoms with E-state index in [1.54, 1.807) is 0 Å². The van der Waals surface area contributed by atoms with Crippen molar-refractivity contribution < 1.29 is 89.4 Å². The lowest BCUT2D eigenvalue weighted by Crippen LogP contribution is -2.66. The molecule has 0 saturated carbocycles. The van der Waals surface area contributed by atoms with E-state index in [1.807, 2.05) is 0 Å². The Morgan fingerprint density at radius 1 is 0.444 bits per heavy atom. The molecule has 0 spiro atoms.